The number of aryl methyl sites for hydroxylation is 1. The number of thioether (sulfide) groups is 1. The first-order valence-electron chi connectivity index (χ1n) is 14.1. The summed E-state index contributed by atoms with van der Waals surface area (Å²) in [4.78, 5) is 39.7. The van der Waals surface area contributed by atoms with Crippen molar-refractivity contribution in [1.82, 2.24) is 5.32 Å². The van der Waals surface area contributed by atoms with Crippen LogP contribution in [0.5, 0.6) is 5.75 Å². The number of carbonyl (C=O) groups is 3. The summed E-state index contributed by atoms with van der Waals surface area (Å²) in [6.45, 7) is 1.99. The molecule has 0 aliphatic carbocycles. The fraction of sp³-hybridized carbons (Fsp3) is 0.0833. The van der Waals surface area contributed by atoms with E-state index in [9.17, 15) is 14.4 Å². The van der Waals surface area contributed by atoms with Crippen LogP contribution in [0.15, 0.2) is 130 Å². The number of amides is 3. The van der Waals surface area contributed by atoms with Crippen molar-refractivity contribution >= 4 is 46.9 Å². The van der Waals surface area contributed by atoms with Gasteiger partial charge in [0, 0.05) is 27.9 Å². The minimum atomic E-state index is -0.535. The Morgan fingerprint density at radius 1 is 0.778 bits per heavy atom. The van der Waals surface area contributed by atoms with Gasteiger partial charge in [-0.2, -0.15) is 0 Å². The first-order valence-corrected chi connectivity index (χ1v) is 15.1. The zero-order valence-corrected chi connectivity index (χ0v) is 25.5. The lowest BCUT2D eigenvalue weighted by molar-refractivity contribution is -0.114. The standard InChI is InChI=1S/C36H31N3O5S/c1-24-12-14-26(15-13-24)37-34(40)23-45-29-19-16-27(17-20-29)38-36(42)31(39-35(41)25-8-4-3-5-9-25)22-28-18-21-33(44-28)30-10-6-7-11-32(30)43-2/h3-22H,23H2,1-2H3,(H,37,40)(H,38,42)(H,39,41)/b31-22+. The number of carbonyl (C=O) groups excluding carboxylic acids is 3. The smallest absolute Gasteiger partial charge is 0.272 e. The van der Waals surface area contributed by atoms with Crippen molar-refractivity contribution in [2.75, 3.05) is 23.5 Å². The van der Waals surface area contributed by atoms with E-state index in [1.165, 1.54) is 17.8 Å². The molecule has 1 heterocycles. The fourth-order valence-corrected chi connectivity index (χ4v) is 5.02. The molecule has 226 valence electrons. The van der Waals surface area contributed by atoms with Crippen LogP contribution in [0.1, 0.15) is 21.7 Å². The predicted octanol–water partition coefficient (Wildman–Crippen LogP) is 7.40. The highest BCUT2D eigenvalue weighted by atomic mass is 32.2. The molecule has 8 nitrogen and oxygen atoms in total. The van der Waals surface area contributed by atoms with Crippen LogP contribution in [0.25, 0.3) is 17.4 Å². The number of hydrogen-bond donors (Lipinski definition) is 3. The zero-order chi connectivity index (χ0) is 31.6. The fourth-order valence-electron chi connectivity index (χ4n) is 4.32. The molecule has 0 radical (unpaired) electrons. The predicted molar refractivity (Wildman–Crippen MR) is 178 cm³/mol. The van der Waals surface area contributed by atoms with Crippen molar-refractivity contribution in [3.05, 3.63) is 138 Å². The highest BCUT2D eigenvalue weighted by Gasteiger charge is 2.17. The van der Waals surface area contributed by atoms with E-state index in [1.54, 1.807) is 61.7 Å². The molecule has 45 heavy (non-hydrogen) atoms. The van der Waals surface area contributed by atoms with Crippen molar-refractivity contribution in [2.45, 2.75) is 11.8 Å². The van der Waals surface area contributed by atoms with Crippen molar-refractivity contribution in [3.63, 3.8) is 0 Å². The highest BCUT2D eigenvalue weighted by molar-refractivity contribution is 8.00. The maximum atomic E-state index is 13.4. The molecule has 3 N–H and O–H groups in total. The average molecular weight is 618 g/mol. The number of nitrogens with one attached hydrogen (secondary N) is 3. The second-order valence-corrected chi connectivity index (χ2v) is 11.0. The molecule has 1 aromatic heterocycles. The van der Waals surface area contributed by atoms with Gasteiger partial charge in [0.1, 0.15) is 23.0 Å². The molecule has 0 unspecified atom stereocenters. The number of para-hydroxylation sites is 1. The molecule has 0 aliphatic rings. The summed E-state index contributed by atoms with van der Waals surface area (Å²) in [6, 6.07) is 34.3. The molecule has 5 rings (SSSR count). The van der Waals surface area contributed by atoms with Gasteiger partial charge in [0.05, 0.1) is 18.4 Å². The molecule has 0 bridgehead atoms. The van der Waals surface area contributed by atoms with Crippen LogP contribution in [-0.4, -0.2) is 30.6 Å². The Hall–Kier alpha value is -5.54. The maximum Gasteiger partial charge on any atom is 0.272 e. The maximum absolute atomic E-state index is 13.4. The minimum Gasteiger partial charge on any atom is -0.496 e. The molecule has 4 aromatic carbocycles. The monoisotopic (exact) mass is 617 g/mol. The number of hydrogen-bond acceptors (Lipinski definition) is 6. The molecule has 9 heteroatoms. The van der Waals surface area contributed by atoms with Gasteiger partial charge < -0.3 is 25.1 Å². The molecule has 0 spiro atoms. The van der Waals surface area contributed by atoms with Gasteiger partial charge in [-0.15, -0.1) is 11.8 Å². The molecule has 0 atom stereocenters. The quantitative estimate of drug-likeness (QED) is 0.105. The third-order valence-corrected chi connectivity index (χ3v) is 7.64. The van der Waals surface area contributed by atoms with Gasteiger partial charge in [-0.3, -0.25) is 14.4 Å². The van der Waals surface area contributed by atoms with Crippen LogP contribution in [0.3, 0.4) is 0 Å². The van der Waals surface area contributed by atoms with E-state index in [0.29, 0.717) is 28.5 Å². The van der Waals surface area contributed by atoms with E-state index in [-0.39, 0.29) is 17.4 Å². The first-order chi connectivity index (χ1) is 21.9. The minimum absolute atomic E-state index is 0.00370. The van der Waals surface area contributed by atoms with E-state index in [4.69, 9.17) is 9.15 Å². The summed E-state index contributed by atoms with van der Waals surface area (Å²) >= 11 is 1.38. The van der Waals surface area contributed by atoms with Gasteiger partial charge in [-0.05, 0) is 79.7 Å². The van der Waals surface area contributed by atoms with Crippen molar-refractivity contribution in [2.24, 2.45) is 0 Å². The molecular weight excluding hydrogens is 586 g/mol. The van der Waals surface area contributed by atoms with Gasteiger partial charge in [0.15, 0.2) is 0 Å². The van der Waals surface area contributed by atoms with E-state index in [0.717, 1.165) is 21.7 Å². The number of rotatable bonds is 11. The Morgan fingerprint density at radius 3 is 2.18 bits per heavy atom. The van der Waals surface area contributed by atoms with E-state index < -0.39 is 11.8 Å². The van der Waals surface area contributed by atoms with Gasteiger partial charge in [0.25, 0.3) is 11.8 Å². The number of anilines is 2. The number of methoxy groups -OCH3 is 1. The van der Waals surface area contributed by atoms with Gasteiger partial charge in [-0.25, -0.2) is 0 Å². The third-order valence-electron chi connectivity index (χ3n) is 6.63. The summed E-state index contributed by atoms with van der Waals surface area (Å²) in [5.41, 5.74) is 3.54. The molecule has 0 fully saturated rings. The lowest BCUT2D eigenvalue weighted by Crippen LogP contribution is -2.30. The van der Waals surface area contributed by atoms with Crippen molar-refractivity contribution in [3.8, 4) is 17.1 Å². The Balaban J connectivity index is 1.28. The van der Waals surface area contributed by atoms with E-state index >= 15 is 0 Å². The van der Waals surface area contributed by atoms with Crippen LogP contribution in [0.4, 0.5) is 11.4 Å². The van der Waals surface area contributed by atoms with Crippen LogP contribution < -0.4 is 20.7 Å². The van der Waals surface area contributed by atoms with Crippen LogP contribution in [0.2, 0.25) is 0 Å². The second kappa shape index (κ2) is 14.8. The normalized spacial score (nSPS) is 11.0. The largest absolute Gasteiger partial charge is 0.496 e. The van der Waals surface area contributed by atoms with E-state index in [1.807, 2.05) is 67.6 Å². The Bertz CT molecular complexity index is 1810. The van der Waals surface area contributed by atoms with Crippen molar-refractivity contribution < 1.29 is 23.5 Å². The molecule has 0 aliphatic heterocycles. The Labute approximate surface area is 265 Å². The zero-order valence-electron chi connectivity index (χ0n) is 24.7. The SMILES string of the molecule is COc1ccccc1-c1ccc(/C=C(/NC(=O)c2ccccc2)C(=O)Nc2ccc(SCC(=O)Nc3ccc(C)cc3)cc2)o1. The second-order valence-electron chi connectivity index (χ2n) is 9.96. The van der Waals surface area contributed by atoms with Crippen molar-refractivity contribution in [1.29, 1.82) is 0 Å². The summed E-state index contributed by atoms with van der Waals surface area (Å²) in [6.07, 6.45) is 1.48. The summed E-state index contributed by atoms with van der Waals surface area (Å²) in [5, 5.41) is 8.43. The number of furan rings is 1. The molecular formula is C36H31N3O5S. The van der Waals surface area contributed by atoms with Gasteiger partial charge >= 0.3 is 0 Å². The first kappa shape index (κ1) is 30.9. The molecule has 0 saturated heterocycles. The third kappa shape index (κ3) is 8.52. The van der Waals surface area contributed by atoms with Gasteiger partial charge in [-0.1, -0.05) is 48.0 Å². The lowest BCUT2D eigenvalue weighted by Gasteiger charge is -2.11. The van der Waals surface area contributed by atoms with Crippen LogP contribution in [-0.2, 0) is 9.59 Å². The summed E-state index contributed by atoms with van der Waals surface area (Å²) in [7, 11) is 1.58. The topological polar surface area (TPSA) is 110 Å². The number of benzene rings is 4. The molecule has 5 aromatic rings. The van der Waals surface area contributed by atoms with Crippen LogP contribution >= 0.6 is 11.8 Å². The summed E-state index contributed by atoms with van der Waals surface area (Å²) in [5.74, 6) is 0.705. The Morgan fingerprint density at radius 2 is 1.44 bits per heavy atom. The molecule has 3 amide bonds. The van der Waals surface area contributed by atoms with E-state index in [2.05, 4.69) is 16.0 Å². The Kier molecular flexibility index (Phi) is 10.1. The highest BCUT2D eigenvalue weighted by Crippen LogP contribution is 2.31. The average Bonchev–Trinajstić information content (AvgIpc) is 3.54. The van der Waals surface area contributed by atoms with Crippen LogP contribution in [0, 0.1) is 6.92 Å². The summed E-state index contributed by atoms with van der Waals surface area (Å²) < 4.78 is 11.5. The lowest BCUT2D eigenvalue weighted by atomic mass is 10.1. The van der Waals surface area contributed by atoms with Gasteiger partial charge in [0.2, 0.25) is 5.91 Å². The molecule has 0 saturated carbocycles. The number of ether oxygens (including phenoxy) is 1.